The highest BCUT2D eigenvalue weighted by molar-refractivity contribution is 6.05. The van der Waals surface area contributed by atoms with Gasteiger partial charge in [-0.25, -0.2) is 0 Å². The SMILES string of the molecule is COC(=O)[C@@]1(CCC(=O)OCc2ccccc2)C(=O)CC2(OCCO2)[C@@]23O[C@@H]2[C@H](OC)[C@H]2C[C@@H]1[C@@H]3C2OC(C)=O. The van der Waals surface area contributed by atoms with Gasteiger partial charge in [0.25, 0.3) is 0 Å². The lowest BCUT2D eigenvalue weighted by atomic mass is 9.64. The van der Waals surface area contributed by atoms with Crippen LogP contribution in [-0.2, 0) is 58.9 Å². The molecule has 6 rings (SSSR count). The van der Waals surface area contributed by atoms with Crippen LogP contribution in [0.4, 0.5) is 0 Å². The molecule has 2 bridgehead atoms. The molecule has 0 amide bonds. The zero-order valence-corrected chi connectivity index (χ0v) is 22.8. The molecule has 5 aliphatic rings. The first kappa shape index (κ1) is 27.3. The van der Waals surface area contributed by atoms with Crippen LogP contribution in [0.25, 0.3) is 0 Å². The Kier molecular flexibility index (Phi) is 6.76. The molecule has 2 aliphatic heterocycles. The lowest BCUT2D eigenvalue weighted by Crippen LogP contribution is -2.61. The van der Waals surface area contributed by atoms with Crippen LogP contribution in [0.1, 0.15) is 38.2 Å². The smallest absolute Gasteiger partial charge is 0.319 e. The number of Topliss-reactive ketones (excluding diaryl/α,β-unsaturated/α-hetero) is 1. The zero-order valence-electron chi connectivity index (χ0n) is 22.8. The third kappa shape index (κ3) is 3.78. The lowest BCUT2D eigenvalue weighted by Gasteiger charge is -2.43. The molecule has 40 heavy (non-hydrogen) atoms. The van der Waals surface area contributed by atoms with Crippen molar-refractivity contribution < 1.29 is 52.3 Å². The first-order valence-electron chi connectivity index (χ1n) is 13.7. The van der Waals surface area contributed by atoms with Crippen molar-refractivity contribution >= 4 is 23.7 Å². The predicted molar refractivity (Wildman–Crippen MR) is 133 cm³/mol. The second-order valence-corrected chi connectivity index (χ2v) is 11.3. The van der Waals surface area contributed by atoms with E-state index in [2.05, 4.69) is 0 Å². The van der Waals surface area contributed by atoms with Crippen molar-refractivity contribution in [1.82, 2.24) is 0 Å². The third-order valence-corrected chi connectivity index (χ3v) is 9.60. The Bertz CT molecular complexity index is 1190. The number of benzene rings is 1. The molecular formula is C29H34O11. The minimum absolute atomic E-state index is 0.0699. The third-order valence-electron chi connectivity index (χ3n) is 9.60. The molecule has 1 unspecified atom stereocenters. The monoisotopic (exact) mass is 558 g/mol. The fraction of sp³-hybridized carbons (Fsp3) is 0.655. The van der Waals surface area contributed by atoms with Gasteiger partial charge in [0.05, 0.1) is 32.8 Å². The van der Waals surface area contributed by atoms with Crippen LogP contribution in [0, 0.1) is 23.2 Å². The maximum Gasteiger partial charge on any atom is 0.319 e. The van der Waals surface area contributed by atoms with Crippen LogP contribution in [0.2, 0.25) is 0 Å². The fourth-order valence-corrected chi connectivity index (χ4v) is 8.11. The summed E-state index contributed by atoms with van der Waals surface area (Å²) in [6.45, 7) is 1.86. The van der Waals surface area contributed by atoms with E-state index < -0.39 is 70.6 Å². The molecule has 2 saturated heterocycles. The van der Waals surface area contributed by atoms with Crippen molar-refractivity contribution in [2.75, 3.05) is 27.4 Å². The Morgan fingerprint density at radius 1 is 1.05 bits per heavy atom. The summed E-state index contributed by atoms with van der Waals surface area (Å²) in [5, 5.41) is 0. The van der Waals surface area contributed by atoms with Crippen LogP contribution in [-0.4, -0.2) is 80.8 Å². The second-order valence-electron chi connectivity index (χ2n) is 11.3. The normalized spacial score (nSPS) is 38.3. The van der Waals surface area contributed by atoms with Gasteiger partial charge in [0.1, 0.15) is 24.2 Å². The molecule has 1 aromatic carbocycles. The number of rotatable bonds is 8. The van der Waals surface area contributed by atoms with E-state index in [4.69, 9.17) is 33.2 Å². The van der Waals surface area contributed by atoms with Crippen molar-refractivity contribution in [3.8, 4) is 0 Å². The molecular weight excluding hydrogens is 524 g/mol. The van der Waals surface area contributed by atoms with Crippen molar-refractivity contribution in [2.24, 2.45) is 23.2 Å². The van der Waals surface area contributed by atoms with Gasteiger partial charge in [-0.2, -0.15) is 0 Å². The number of ketones is 1. The largest absolute Gasteiger partial charge is 0.468 e. The highest BCUT2D eigenvalue weighted by atomic mass is 16.8. The summed E-state index contributed by atoms with van der Waals surface area (Å²) in [6.07, 6.45) is -1.94. The molecule has 1 aromatic rings. The number of fused-ring (bicyclic) bond motifs is 1. The molecule has 11 heteroatoms. The second kappa shape index (κ2) is 9.90. The topological polar surface area (TPSA) is 136 Å². The Morgan fingerprint density at radius 2 is 1.77 bits per heavy atom. The maximum absolute atomic E-state index is 14.3. The Balaban J connectivity index is 1.39. The van der Waals surface area contributed by atoms with E-state index >= 15 is 0 Å². The van der Waals surface area contributed by atoms with Crippen LogP contribution in [0.15, 0.2) is 30.3 Å². The molecule has 3 aliphatic carbocycles. The van der Waals surface area contributed by atoms with Gasteiger partial charge in [-0.1, -0.05) is 30.3 Å². The highest BCUT2D eigenvalue weighted by Gasteiger charge is 2.88. The van der Waals surface area contributed by atoms with E-state index in [-0.39, 0.29) is 45.0 Å². The molecule has 11 nitrogen and oxygen atoms in total. The number of esters is 3. The first-order chi connectivity index (χ1) is 19.2. The molecule has 216 valence electrons. The van der Waals surface area contributed by atoms with Gasteiger partial charge < -0.3 is 33.2 Å². The van der Waals surface area contributed by atoms with E-state index in [1.165, 1.54) is 14.0 Å². The number of hydrogen-bond donors (Lipinski definition) is 0. The number of epoxide rings is 1. The molecule has 0 N–H and O–H groups in total. The van der Waals surface area contributed by atoms with Crippen LogP contribution >= 0.6 is 0 Å². The predicted octanol–water partition coefficient (Wildman–Crippen LogP) is 1.74. The summed E-state index contributed by atoms with van der Waals surface area (Å²) in [7, 11) is 2.79. The van der Waals surface area contributed by atoms with Gasteiger partial charge in [-0.15, -0.1) is 0 Å². The van der Waals surface area contributed by atoms with Gasteiger partial charge in [0.15, 0.2) is 11.4 Å². The Labute approximate surface area is 231 Å². The van der Waals surface area contributed by atoms with Gasteiger partial charge in [0, 0.05) is 32.3 Å². The average molecular weight is 559 g/mol. The molecule has 8 atom stereocenters. The zero-order chi connectivity index (χ0) is 28.3. The molecule has 0 radical (unpaired) electrons. The van der Waals surface area contributed by atoms with Crippen molar-refractivity contribution in [3.63, 3.8) is 0 Å². The van der Waals surface area contributed by atoms with Crippen LogP contribution in [0.3, 0.4) is 0 Å². The van der Waals surface area contributed by atoms with E-state index in [1.807, 2.05) is 30.3 Å². The van der Waals surface area contributed by atoms with Crippen LogP contribution in [0.5, 0.6) is 0 Å². The van der Waals surface area contributed by atoms with E-state index in [0.717, 1.165) is 5.56 Å². The summed E-state index contributed by atoms with van der Waals surface area (Å²) in [5.41, 5.74) is -2.08. The molecule has 2 spiro atoms. The van der Waals surface area contributed by atoms with E-state index in [1.54, 1.807) is 7.11 Å². The van der Waals surface area contributed by atoms with E-state index in [0.29, 0.717) is 6.42 Å². The maximum atomic E-state index is 14.3. The quantitative estimate of drug-likeness (QED) is 0.200. The fourth-order valence-electron chi connectivity index (χ4n) is 8.11. The van der Waals surface area contributed by atoms with E-state index in [9.17, 15) is 19.2 Å². The number of carbonyl (C=O) groups excluding carboxylic acids is 4. The number of ether oxygens (including phenoxy) is 7. The lowest BCUT2D eigenvalue weighted by molar-refractivity contribution is -0.230. The number of hydrogen-bond acceptors (Lipinski definition) is 11. The Hall–Kier alpha value is -2.86. The molecule has 2 heterocycles. The summed E-state index contributed by atoms with van der Waals surface area (Å²) >= 11 is 0. The van der Waals surface area contributed by atoms with Gasteiger partial charge in [-0.05, 0) is 24.3 Å². The van der Waals surface area contributed by atoms with Crippen molar-refractivity contribution in [1.29, 1.82) is 0 Å². The average Bonchev–Trinajstić information content (AvgIpc) is 3.41. The first-order valence-corrected chi connectivity index (χ1v) is 13.7. The number of methoxy groups -OCH3 is 2. The Morgan fingerprint density at radius 3 is 2.42 bits per heavy atom. The standard InChI is InChI=1S/C29H34O11/c1-16(30)39-23-18-13-19-22(23)29(25(40-29)24(18)34-2)28(37-11-12-38-28)14-20(31)27(19,26(33)35-3)10-9-21(32)36-15-17-7-5-4-6-8-17/h4-8,18-19,22-25H,9-15H2,1-3H3/t18-,19+,22+,23?,24+,25+,27+,29-/m0/s1. The number of carbonyl (C=O) groups is 4. The van der Waals surface area contributed by atoms with Gasteiger partial charge in [0.2, 0.25) is 5.79 Å². The summed E-state index contributed by atoms with van der Waals surface area (Å²) in [5.74, 6) is -5.36. The summed E-state index contributed by atoms with van der Waals surface area (Å²) in [6, 6.07) is 9.23. The molecule has 3 saturated carbocycles. The van der Waals surface area contributed by atoms with Crippen molar-refractivity contribution in [3.05, 3.63) is 35.9 Å². The summed E-state index contributed by atoms with van der Waals surface area (Å²) < 4.78 is 41.3. The van der Waals surface area contributed by atoms with Gasteiger partial charge in [-0.3, -0.25) is 19.2 Å². The molecule has 5 fully saturated rings. The summed E-state index contributed by atoms with van der Waals surface area (Å²) in [4.78, 5) is 53.3. The van der Waals surface area contributed by atoms with Crippen LogP contribution < -0.4 is 0 Å². The highest BCUT2D eigenvalue weighted by Crippen LogP contribution is 2.73. The minimum atomic E-state index is -1.73. The molecule has 0 aromatic heterocycles. The minimum Gasteiger partial charge on any atom is -0.468 e. The van der Waals surface area contributed by atoms with Crippen molar-refractivity contribution in [2.45, 2.75) is 68.9 Å². The van der Waals surface area contributed by atoms with Gasteiger partial charge >= 0.3 is 17.9 Å².